The van der Waals surface area contributed by atoms with Crippen molar-refractivity contribution in [2.75, 3.05) is 13.2 Å². The van der Waals surface area contributed by atoms with Gasteiger partial charge in [-0.25, -0.2) is 0 Å². The Kier molecular flexibility index (Phi) is 7.30. The van der Waals surface area contributed by atoms with Crippen LogP contribution in [0.3, 0.4) is 0 Å². The first-order valence-electron chi connectivity index (χ1n) is 11.3. The average molecular weight is 494 g/mol. The Balaban J connectivity index is 1.44. The van der Waals surface area contributed by atoms with Crippen LogP contribution in [0.1, 0.15) is 19.8 Å². The molecule has 1 aliphatic carbocycles. The molecule has 3 aliphatic heterocycles. The van der Waals surface area contributed by atoms with E-state index in [1.165, 1.54) is 19.3 Å². The predicted molar refractivity (Wildman–Crippen MR) is 109 cm³/mol. The normalized spacial score (nSPS) is 55.6. The molecule has 3 fully saturated rings. The predicted octanol–water partition coefficient (Wildman–Crippen LogP) is -4.54. The zero-order chi connectivity index (χ0) is 25.0. The quantitative estimate of drug-likeness (QED) is 0.176. The fraction of sp³-hybridized carbons (Fsp3) is 0.905. The van der Waals surface area contributed by atoms with Crippen LogP contribution < -0.4 is 0 Å². The number of aliphatic hydroxyl groups excluding tert-OH is 7. The second-order valence-corrected chi connectivity index (χ2v) is 9.92. The molecular formula is C21H34O13. The highest BCUT2D eigenvalue weighted by molar-refractivity contribution is 5.22. The van der Waals surface area contributed by atoms with Crippen molar-refractivity contribution < 1.29 is 64.9 Å². The average Bonchev–Trinajstić information content (AvgIpc) is 2.96. The standard InChI is InChI=1S/C21H34O13/c1-20(29)5-12(23)21(30)2-3-31-10(18(20)21)4-9-14(25)16(27)15(26)11(34-9)7-33-19-17(28)13(24)8(22)6-32-19/h2-3,8-19,22-30H,4-7H2,1H3. The molecule has 14 unspecified atom stereocenters. The van der Waals surface area contributed by atoms with Crippen LogP contribution in [0.5, 0.6) is 0 Å². The minimum absolute atomic E-state index is 0.103. The van der Waals surface area contributed by atoms with Crippen LogP contribution in [0, 0.1) is 5.92 Å². The lowest BCUT2D eigenvalue weighted by molar-refractivity contribution is -0.293. The van der Waals surface area contributed by atoms with E-state index in [0.29, 0.717) is 0 Å². The summed E-state index contributed by atoms with van der Waals surface area (Å²) in [6.45, 7) is 0.771. The summed E-state index contributed by atoms with van der Waals surface area (Å²) in [6.07, 6.45) is -12.6. The van der Waals surface area contributed by atoms with Crippen LogP contribution in [-0.2, 0) is 18.9 Å². The molecule has 2 saturated heterocycles. The number of aliphatic hydroxyl groups is 9. The Morgan fingerprint density at radius 3 is 2.26 bits per heavy atom. The SMILES string of the molecule is CC1(O)CC(O)C2(O)C=COC(CC3OC(COC4OCC(O)C(O)C4O)C(O)C(O)C3O)C12. The largest absolute Gasteiger partial charge is 0.498 e. The lowest BCUT2D eigenvalue weighted by Gasteiger charge is -2.46. The molecule has 0 bridgehead atoms. The zero-order valence-electron chi connectivity index (χ0n) is 18.6. The van der Waals surface area contributed by atoms with Crippen molar-refractivity contribution in [1.29, 1.82) is 0 Å². The third-order valence-corrected chi connectivity index (χ3v) is 7.42. The van der Waals surface area contributed by atoms with Crippen molar-refractivity contribution in [3.8, 4) is 0 Å². The minimum Gasteiger partial charge on any atom is -0.498 e. The summed E-state index contributed by atoms with van der Waals surface area (Å²) in [4.78, 5) is 0. The van der Waals surface area contributed by atoms with Crippen molar-refractivity contribution in [3.63, 3.8) is 0 Å². The lowest BCUT2D eigenvalue weighted by atomic mass is 9.75. The van der Waals surface area contributed by atoms with Gasteiger partial charge in [0.25, 0.3) is 0 Å². The summed E-state index contributed by atoms with van der Waals surface area (Å²) >= 11 is 0. The van der Waals surface area contributed by atoms with Gasteiger partial charge in [0.2, 0.25) is 0 Å². The van der Waals surface area contributed by atoms with E-state index in [1.54, 1.807) is 0 Å². The van der Waals surface area contributed by atoms with Crippen LogP contribution in [0.25, 0.3) is 0 Å². The number of hydrogen-bond acceptors (Lipinski definition) is 13. The summed E-state index contributed by atoms with van der Waals surface area (Å²) in [6, 6.07) is 0. The molecule has 1 saturated carbocycles. The third-order valence-electron chi connectivity index (χ3n) is 7.42. The van der Waals surface area contributed by atoms with E-state index >= 15 is 0 Å². The van der Waals surface area contributed by atoms with Gasteiger partial charge < -0.3 is 64.9 Å². The number of fused-ring (bicyclic) bond motifs is 1. The molecule has 0 spiro atoms. The van der Waals surface area contributed by atoms with Gasteiger partial charge in [0, 0.05) is 12.8 Å². The van der Waals surface area contributed by atoms with Crippen molar-refractivity contribution in [1.82, 2.24) is 0 Å². The molecule has 0 amide bonds. The monoisotopic (exact) mass is 494 g/mol. The molecule has 4 aliphatic rings. The minimum atomic E-state index is -1.76. The second kappa shape index (κ2) is 9.50. The smallest absolute Gasteiger partial charge is 0.186 e. The third kappa shape index (κ3) is 4.49. The molecule has 0 aromatic rings. The van der Waals surface area contributed by atoms with Gasteiger partial charge in [0.15, 0.2) is 6.29 Å². The molecule has 34 heavy (non-hydrogen) atoms. The van der Waals surface area contributed by atoms with E-state index in [0.717, 1.165) is 0 Å². The molecular weight excluding hydrogens is 460 g/mol. The number of hydrogen-bond donors (Lipinski definition) is 9. The second-order valence-electron chi connectivity index (χ2n) is 9.92. The summed E-state index contributed by atoms with van der Waals surface area (Å²) in [5.41, 5.74) is -3.25. The van der Waals surface area contributed by atoms with Crippen LogP contribution in [0.4, 0.5) is 0 Å². The van der Waals surface area contributed by atoms with Crippen molar-refractivity contribution in [2.45, 2.75) is 98.3 Å². The molecule has 3 heterocycles. The van der Waals surface area contributed by atoms with Crippen molar-refractivity contribution in [2.24, 2.45) is 5.92 Å². The van der Waals surface area contributed by atoms with Gasteiger partial charge in [-0.05, 0) is 13.0 Å². The van der Waals surface area contributed by atoms with Crippen LogP contribution >= 0.6 is 0 Å². The first kappa shape index (κ1) is 26.1. The van der Waals surface area contributed by atoms with Gasteiger partial charge in [-0.2, -0.15) is 0 Å². The highest BCUT2D eigenvalue weighted by atomic mass is 16.7. The molecule has 0 radical (unpaired) electrons. The highest BCUT2D eigenvalue weighted by Gasteiger charge is 2.63. The molecule has 4 rings (SSSR count). The van der Waals surface area contributed by atoms with E-state index in [2.05, 4.69) is 0 Å². The number of rotatable bonds is 5. The maximum atomic E-state index is 11.0. The Hall–Kier alpha value is -0.940. The van der Waals surface area contributed by atoms with Gasteiger partial charge in [-0.1, -0.05) is 0 Å². The topological polar surface area (TPSA) is 219 Å². The molecule has 196 valence electrons. The van der Waals surface area contributed by atoms with Crippen molar-refractivity contribution in [3.05, 3.63) is 12.3 Å². The van der Waals surface area contributed by atoms with E-state index in [9.17, 15) is 46.0 Å². The zero-order valence-corrected chi connectivity index (χ0v) is 18.6. The summed E-state index contributed by atoms with van der Waals surface area (Å²) in [5.74, 6) is -0.965. The molecule has 9 N–H and O–H groups in total. The first-order valence-corrected chi connectivity index (χ1v) is 11.3. The Bertz CT molecular complexity index is 748. The molecule has 0 aromatic heterocycles. The van der Waals surface area contributed by atoms with Crippen molar-refractivity contribution >= 4 is 0 Å². The lowest BCUT2D eigenvalue weighted by Crippen LogP contribution is -2.61. The Morgan fingerprint density at radius 2 is 1.56 bits per heavy atom. The van der Waals surface area contributed by atoms with Gasteiger partial charge in [-0.15, -0.1) is 0 Å². The van der Waals surface area contributed by atoms with E-state index in [-0.39, 0.29) is 19.4 Å². The Morgan fingerprint density at radius 1 is 0.882 bits per heavy atom. The fourth-order valence-electron chi connectivity index (χ4n) is 5.52. The number of ether oxygens (including phenoxy) is 4. The fourth-order valence-corrected chi connectivity index (χ4v) is 5.52. The van der Waals surface area contributed by atoms with Gasteiger partial charge in [0.05, 0.1) is 43.2 Å². The summed E-state index contributed by atoms with van der Waals surface area (Å²) < 4.78 is 21.9. The Labute approximate surface area is 195 Å². The van der Waals surface area contributed by atoms with Crippen LogP contribution in [0.2, 0.25) is 0 Å². The van der Waals surface area contributed by atoms with Gasteiger partial charge in [0.1, 0.15) is 54.4 Å². The van der Waals surface area contributed by atoms with Gasteiger partial charge in [-0.3, -0.25) is 0 Å². The summed E-state index contributed by atoms with van der Waals surface area (Å²) in [7, 11) is 0. The molecule has 13 heteroatoms. The van der Waals surface area contributed by atoms with E-state index in [1.807, 2.05) is 0 Å². The van der Waals surface area contributed by atoms with Gasteiger partial charge >= 0.3 is 0 Å². The van der Waals surface area contributed by atoms with E-state index < -0.39 is 91.1 Å². The maximum Gasteiger partial charge on any atom is 0.186 e. The highest BCUT2D eigenvalue weighted by Crippen LogP contribution is 2.50. The molecule has 14 atom stereocenters. The van der Waals surface area contributed by atoms with Crippen LogP contribution in [0.15, 0.2) is 12.3 Å². The van der Waals surface area contributed by atoms with Crippen LogP contribution in [-0.4, -0.2) is 138 Å². The molecule has 0 aromatic carbocycles. The van der Waals surface area contributed by atoms with E-state index in [4.69, 9.17) is 18.9 Å². The maximum absolute atomic E-state index is 11.0. The summed E-state index contributed by atoms with van der Waals surface area (Å²) in [5, 5.41) is 92.6. The molecule has 13 nitrogen and oxygen atoms in total. The first-order chi connectivity index (χ1) is 15.9.